The van der Waals surface area contributed by atoms with E-state index in [0.29, 0.717) is 17.3 Å². The number of hydrogen-bond acceptors (Lipinski definition) is 4. The molecule has 2 aromatic heterocycles. The van der Waals surface area contributed by atoms with Crippen molar-refractivity contribution in [1.82, 2.24) is 14.5 Å². The average Bonchev–Trinajstić information content (AvgIpc) is 2.56. The topological polar surface area (TPSA) is 85.8 Å². The number of nitrogen functional groups attached to an aromatic ring is 1. The maximum atomic E-state index is 12.0. The second-order valence-corrected chi connectivity index (χ2v) is 4.20. The van der Waals surface area contributed by atoms with Crippen molar-refractivity contribution in [3.63, 3.8) is 0 Å². The molecule has 0 aliphatic rings. The zero-order valence-corrected chi connectivity index (χ0v) is 10.6. The summed E-state index contributed by atoms with van der Waals surface area (Å²) in [5.74, 6) is 0.0245. The smallest absolute Gasteiger partial charge is 0.274 e. The van der Waals surface area contributed by atoms with Gasteiger partial charge in [0.25, 0.3) is 5.91 Å². The number of nitrogens with one attached hydrogen (secondary N) is 1. The van der Waals surface area contributed by atoms with Crippen LogP contribution in [0.2, 0.25) is 0 Å². The van der Waals surface area contributed by atoms with E-state index in [2.05, 4.69) is 15.3 Å². The number of anilines is 2. The molecule has 0 saturated heterocycles. The molecule has 94 valence electrons. The highest BCUT2D eigenvalue weighted by atomic mass is 16.2. The number of carbonyl (C=O) groups excluding carboxylic acids is 1. The Morgan fingerprint density at radius 3 is 2.39 bits per heavy atom. The van der Waals surface area contributed by atoms with E-state index in [9.17, 15) is 4.79 Å². The fourth-order valence-electron chi connectivity index (χ4n) is 1.76. The molecule has 0 aromatic carbocycles. The molecule has 0 unspecified atom stereocenters. The summed E-state index contributed by atoms with van der Waals surface area (Å²) < 4.78 is 1.66. The molecule has 3 N–H and O–H groups in total. The summed E-state index contributed by atoms with van der Waals surface area (Å²) in [5.41, 5.74) is 8.26. The molecular formula is C12H15N5O. The molecule has 18 heavy (non-hydrogen) atoms. The van der Waals surface area contributed by atoms with Gasteiger partial charge in [0.2, 0.25) is 5.95 Å². The van der Waals surface area contributed by atoms with Crippen molar-refractivity contribution in [3.8, 4) is 0 Å². The first-order valence-corrected chi connectivity index (χ1v) is 5.51. The summed E-state index contributed by atoms with van der Waals surface area (Å²) in [6.07, 6.45) is 1.68. The first-order chi connectivity index (χ1) is 8.45. The Labute approximate surface area is 105 Å². The minimum absolute atomic E-state index is 0.279. The third-order valence-corrected chi connectivity index (χ3v) is 2.47. The molecule has 0 radical (unpaired) electrons. The van der Waals surface area contributed by atoms with Gasteiger partial charge in [0.1, 0.15) is 5.69 Å². The Morgan fingerprint density at radius 1 is 1.28 bits per heavy atom. The standard InChI is InChI=1S/C12H15N5O/c1-7-4-8(2)15-12(14-7)16-11(18)10-5-9(13)6-17(10)3/h4-6H,13H2,1-3H3,(H,14,15,16,18). The van der Waals surface area contributed by atoms with E-state index < -0.39 is 0 Å². The summed E-state index contributed by atoms with van der Waals surface area (Å²) in [5, 5.41) is 2.66. The van der Waals surface area contributed by atoms with Gasteiger partial charge >= 0.3 is 0 Å². The maximum Gasteiger partial charge on any atom is 0.274 e. The van der Waals surface area contributed by atoms with Crippen LogP contribution in [0.25, 0.3) is 0 Å². The maximum absolute atomic E-state index is 12.0. The second kappa shape index (κ2) is 4.48. The fourth-order valence-corrected chi connectivity index (χ4v) is 1.76. The Bertz CT molecular complexity index is 582. The number of nitrogens with two attached hydrogens (primary N) is 1. The van der Waals surface area contributed by atoms with E-state index in [1.54, 1.807) is 23.9 Å². The van der Waals surface area contributed by atoms with Gasteiger partial charge < -0.3 is 10.3 Å². The molecule has 0 saturated carbocycles. The lowest BCUT2D eigenvalue weighted by molar-refractivity contribution is 0.101. The zero-order chi connectivity index (χ0) is 13.3. The normalized spacial score (nSPS) is 10.4. The molecular weight excluding hydrogens is 230 g/mol. The molecule has 6 heteroatoms. The lowest BCUT2D eigenvalue weighted by Crippen LogP contribution is -2.17. The number of nitrogens with zero attached hydrogens (tertiary/aromatic N) is 3. The quantitative estimate of drug-likeness (QED) is 0.834. The van der Waals surface area contributed by atoms with Gasteiger partial charge in [0.05, 0.1) is 5.69 Å². The van der Waals surface area contributed by atoms with Gasteiger partial charge in [0, 0.05) is 24.6 Å². The molecule has 0 aliphatic carbocycles. The van der Waals surface area contributed by atoms with Crippen LogP contribution in [0.1, 0.15) is 21.9 Å². The molecule has 0 aliphatic heterocycles. The summed E-state index contributed by atoms with van der Waals surface area (Å²) in [6, 6.07) is 3.45. The van der Waals surface area contributed by atoms with E-state index in [0.717, 1.165) is 11.4 Å². The summed E-state index contributed by atoms with van der Waals surface area (Å²) in [4.78, 5) is 20.3. The van der Waals surface area contributed by atoms with Crippen molar-refractivity contribution >= 4 is 17.5 Å². The lowest BCUT2D eigenvalue weighted by atomic mass is 10.3. The predicted molar refractivity (Wildman–Crippen MR) is 69.3 cm³/mol. The number of aromatic nitrogens is 3. The Hall–Kier alpha value is -2.37. The van der Waals surface area contributed by atoms with Crippen molar-refractivity contribution < 1.29 is 4.79 Å². The molecule has 2 aromatic rings. The fraction of sp³-hybridized carbons (Fsp3) is 0.250. The molecule has 0 fully saturated rings. The van der Waals surface area contributed by atoms with Crippen LogP contribution in [-0.4, -0.2) is 20.4 Å². The van der Waals surface area contributed by atoms with Crippen molar-refractivity contribution in [2.45, 2.75) is 13.8 Å². The molecule has 6 nitrogen and oxygen atoms in total. The van der Waals surface area contributed by atoms with Crippen molar-refractivity contribution in [3.05, 3.63) is 35.4 Å². The Balaban J connectivity index is 2.23. The van der Waals surface area contributed by atoms with Gasteiger partial charge in [-0.05, 0) is 26.0 Å². The minimum atomic E-state index is -0.279. The van der Waals surface area contributed by atoms with Crippen molar-refractivity contribution in [2.24, 2.45) is 7.05 Å². The van der Waals surface area contributed by atoms with Crippen LogP contribution in [0, 0.1) is 13.8 Å². The van der Waals surface area contributed by atoms with Crippen LogP contribution < -0.4 is 11.1 Å². The Kier molecular flexibility index (Phi) is 3.01. The average molecular weight is 245 g/mol. The van der Waals surface area contributed by atoms with Crippen LogP contribution in [0.5, 0.6) is 0 Å². The van der Waals surface area contributed by atoms with Crippen LogP contribution in [0.15, 0.2) is 18.3 Å². The summed E-state index contributed by atoms with van der Waals surface area (Å²) in [7, 11) is 1.76. The van der Waals surface area contributed by atoms with Crippen LogP contribution in [0.4, 0.5) is 11.6 Å². The van der Waals surface area contributed by atoms with E-state index in [-0.39, 0.29) is 5.91 Å². The van der Waals surface area contributed by atoms with Gasteiger partial charge in [0.15, 0.2) is 0 Å². The van der Waals surface area contributed by atoms with E-state index in [4.69, 9.17) is 5.73 Å². The molecule has 0 bridgehead atoms. The number of amides is 1. The third kappa shape index (κ3) is 2.48. The molecule has 1 amide bonds. The largest absolute Gasteiger partial charge is 0.397 e. The summed E-state index contributed by atoms with van der Waals surface area (Å²) in [6.45, 7) is 3.70. The predicted octanol–water partition coefficient (Wildman–Crippen LogP) is 1.27. The van der Waals surface area contributed by atoms with Gasteiger partial charge in [-0.3, -0.25) is 10.1 Å². The van der Waals surface area contributed by atoms with Gasteiger partial charge in [-0.15, -0.1) is 0 Å². The highest BCUT2D eigenvalue weighted by Gasteiger charge is 2.12. The van der Waals surface area contributed by atoms with E-state index >= 15 is 0 Å². The van der Waals surface area contributed by atoms with Crippen LogP contribution in [-0.2, 0) is 7.05 Å². The third-order valence-electron chi connectivity index (χ3n) is 2.47. The number of hydrogen-bond donors (Lipinski definition) is 2. The number of rotatable bonds is 2. The number of carbonyl (C=O) groups is 1. The highest BCUT2D eigenvalue weighted by molar-refractivity contribution is 6.02. The number of aryl methyl sites for hydroxylation is 3. The van der Waals surface area contributed by atoms with Gasteiger partial charge in [-0.1, -0.05) is 0 Å². The van der Waals surface area contributed by atoms with Crippen LogP contribution >= 0.6 is 0 Å². The first-order valence-electron chi connectivity index (χ1n) is 5.51. The first kappa shape index (κ1) is 12.1. The van der Waals surface area contributed by atoms with Crippen molar-refractivity contribution in [1.29, 1.82) is 0 Å². The molecule has 2 heterocycles. The minimum Gasteiger partial charge on any atom is -0.397 e. The van der Waals surface area contributed by atoms with Crippen molar-refractivity contribution in [2.75, 3.05) is 11.1 Å². The van der Waals surface area contributed by atoms with E-state index in [1.807, 2.05) is 19.9 Å². The Morgan fingerprint density at radius 2 is 1.89 bits per heavy atom. The zero-order valence-electron chi connectivity index (χ0n) is 10.6. The van der Waals surface area contributed by atoms with E-state index in [1.165, 1.54) is 0 Å². The van der Waals surface area contributed by atoms with Gasteiger partial charge in [-0.2, -0.15) is 0 Å². The molecule has 2 rings (SSSR count). The van der Waals surface area contributed by atoms with Crippen LogP contribution in [0.3, 0.4) is 0 Å². The molecule has 0 spiro atoms. The SMILES string of the molecule is Cc1cc(C)nc(NC(=O)c2cc(N)cn2C)n1. The second-order valence-electron chi connectivity index (χ2n) is 4.20. The molecule has 0 atom stereocenters. The monoisotopic (exact) mass is 245 g/mol. The highest BCUT2D eigenvalue weighted by Crippen LogP contribution is 2.11. The summed E-state index contributed by atoms with van der Waals surface area (Å²) >= 11 is 0. The lowest BCUT2D eigenvalue weighted by Gasteiger charge is -2.06. The van der Waals surface area contributed by atoms with Gasteiger partial charge in [-0.25, -0.2) is 9.97 Å².